The molecule has 3 aromatic carbocycles. The summed E-state index contributed by atoms with van der Waals surface area (Å²) in [5, 5.41) is 0. The zero-order chi connectivity index (χ0) is 28.8. The van der Waals surface area contributed by atoms with Gasteiger partial charge in [0, 0.05) is 4.47 Å². The van der Waals surface area contributed by atoms with E-state index in [1.54, 1.807) is 0 Å². The molecule has 0 spiro atoms. The van der Waals surface area contributed by atoms with E-state index in [0.29, 0.717) is 29.8 Å². The van der Waals surface area contributed by atoms with Gasteiger partial charge in [0.05, 0.1) is 0 Å². The first kappa shape index (κ1) is 32.9. The predicted octanol–water partition coefficient (Wildman–Crippen LogP) is 11.5. The Kier molecular flexibility index (Phi) is 14.7. The predicted molar refractivity (Wildman–Crippen MR) is 173 cm³/mol. The Morgan fingerprint density at radius 1 is 0.538 bits per heavy atom. The summed E-state index contributed by atoms with van der Waals surface area (Å²) in [5.74, 6) is 4.25. The van der Waals surface area contributed by atoms with Gasteiger partial charge in [-0.15, -0.1) is 0 Å². The van der Waals surface area contributed by atoms with E-state index < -0.39 is 0 Å². The minimum absolute atomic E-state index is 0.279. The van der Waals surface area contributed by atoms with E-state index in [-0.39, 0.29) is 6.10 Å². The van der Waals surface area contributed by atoms with Crippen LogP contribution in [0.1, 0.15) is 81.1 Å². The van der Waals surface area contributed by atoms with E-state index in [2.05, 4.69) is 120 Å². The zero-order valence-electron chi connectivity index (χ0n) is 25.5. The summed E-state index contributed by atoms with van der Waals surface area (Å²) in [4.78, 5) is 0. The van der Waals surface area contributed by atoms with Crippen LogP contribution in [-0.2, 0) is 0 Å². The fraction of sp³-hybridized carbons (Fsp3) is 0.500. The molecule has 0 amide bonds. The Hall–Kier alpha value is -2.26. The largest absolute Gasteiger partial charge is 0.490 e. The lowest BCUT2D eigenvalue weighted by atomic mass is 9.89. The van der Waals surface area contributed by atoms with Crippen LogP contribution in [0.4, 0.5) is 0 Å². The molecule has 0 aromatic heterocycles. The van der Waals surface area contributed by atoms with Crippen molar-refractivity contribution < 1.29 is 9.47 Å². The highest BCUT2D eigenvalue weighted by Gasteiger charge is 2.24. The van der Waals surface area contributed by atoms with Gasteiger partial charge < -0.3 is 9.47 Å². The summed E-state index contributed by atoms with van der Waals surface area (Å²) in [6, 6.07) is 27.0. The van der Waals surface area contributed by atoms with Crippen molar-refractivity contribution in [1.82, 2.24) is 0 Å². The maximum absolute atomic E-state index is 6.38. The molecule has 0 N–H and O–H groups in total. The SMILES string of the molecule is CCC(CC)[C@@H](Oc1cccc(-c2ccccc2)c1)C(C)C.CCC(CC)[C@@H](Oc1cccc(Br)c1)C(C)C. The van der Waals surface area contributed by atoms with Crippen LogP contribution in [0.2, 0.25) is 0 Å². The van der Waals surface area contributed by atoms with Gasteiger partial charge in [-0.05, 0) is 90.8 Å². The topological polar surface area (TPSA) is 18.5 Å². The fourth-order valence-electron chi connectivity index (χ4n) is 5.29. The van der Waals surface area contributed by atoms with Crippen LogP contribution in [0.15, 0.2) is 83.3 Å². The number of ether oxygens (including phenoxy) is 2. The third-order valence-electron chi connectivity index (χ3n) is 7.62. The van der Waals surface area contributed by atoms with Crippen LogP contribution >= 0.6 is 15.9 Å². The number of hydrogen-bond donors (Lipinski definition) is 0. The number of hydrogen-bond acceptors (Lipinski definition) is 2. The molecule has 3 rings (SSSR count). The van der Waals surface area contributed by atoms with Crippen molar-refractivity contribution in [2.24, 2.45) is 23.7 Å². The van der Waals surface area contributed by atoms with Crippen LogP contribution in [0.5, 0.6) is 11.5 Å². The molecule has 0 fully saturated rings. The summed E-state index contributed by atoms with van der Waals surface area (Å²) in [7, 11) is 0. The number of halogens is 1. The molecule has 0 aliphatic heterocycles. The van der Waals surface area contributed by atoms with Gasteiger partial charge in [-0.25, -0.2) is 0 Å². The average molecular weight is 596 g/mol. The van der Waals surface area contributed by atoms with Crippen molar-refractivity contribution >= 4 is 15.9 Å². The number of rotatable bonds is 13. The van der Waals surface area contributed by atoms with E-state index in [1.165, 1.54) is 24.0 Å². The Morgan fingerprint density at radius 3 is 1.41 bits per heavy atom. The second-order valence-corrected chi connectivity index (χ2v) is 12.1. The summed E-state index contributed by atoms with van der Waals surface area (Å²) >= 11 is 3.48. The normalized spacial score (nSPS) is 12.8. The van der Waals surface area contributed by atoms with Gasteiger partial charge in [0.15, 0.2) is 0 Å². The quantitative estimate of drug-likeness (QED) is 0.196. The summed E-state index contributed by atoms with van der Waals surface area (Å²) in [5.41, 5.74) is 2.45. The lowest BCUT2D eigenvalue weighted by molar-refractivity contribution is 0.0842. The van der Waals surface area contributed by atoms with E-state index in [9.17, 15) is 0 Å². The zero-order valence-corrected chi connectivity index (χ0v) is 27.1. The average Bonchev–Trinajstić information content (AvgIpc) is 2.94. The highest BCUT2D eigenvalue weighted by Crippen LogP contribution is 2.29. The maximum Gasteiger partial charge on any atom is 0.120 e. The molecule has 3 aromatic rings. The Labute approximate surface area is 247 Å². The van der Waals surface area contributed by atoms with Crippen molar-refractivity contribution in [2.75, 3.05) is 0 Å². The highest BCUT2D eigenvalue weighted by atomic mass is 79.9. The van der Waals surface area contributed by atoms with E-state index in [1.807, 2.05) is 30.3 Å². The molecule has 0 radical (unpaired) electrons. The molecule has 0 aliphatic carbocycles. The minimum atomic E-state index is 0.279. The van der Waals surface area contributed by atoms with Crippen LogP contribution in [0.3, 0.4) is 0 Å². The van der Waals surface area contributed by atoms with Crippen molar-refractivity contribution in [1.29, 1.82) is 0 Å². The first-order valence-corrected chi connectivity index (χ1v) is 15.8. The van der Waals surface area contributed by atoms with Crippen molar-refractivity contribution in [3.05, 3.63) is 83.3 Å². The van der Waals surface area contributed by atoms with Crippen molar-refractivity contribution in [2.45, 2.75) is 93.3 Å². The smallest absolute Gasteiger partial charge is 0.120 e. The maximum atomic E-state index is 6.38. The molecule has 0 aliphatic rings. The number of benzene rings is 3. The standard InChI is InChI=1S/C21H28O.C15H23BrO/c1-5-17(6-2)21(16(3)4)22-20-14-10-13-19(15-20)18-11-8-7-9-12-18;1-5-12(6-2)15(11(3)4)17-14-9-7-8-13(16)10-14/h7-17,21H,5-6H2,1-4H3;7-12,15H,5-6H2,1-4H3/t21-;15-/m00/s1. The Morgan fingerprint density at radius 2 is 0.974 bits per heavy atom. The van der Waals surface area contributed by atoms with Gasteiger partial charge in [0.1, 0.15) is 23.7 Å². The Balaban J connectivity index is 0.000000283. The molecule has 0 unspecified atom stereocenters. The second kappa shape index (κ2) is 17.4. The van der Waals surface area contributed by atoms with Crippen LogP contribution < -0.4 is 9.47 Å². The molecule has 39 heavy (non-hydrogen) atoms. The molecule has 2 atom stereocenters. The fourth-order valence-corrected chi connectivity index (χ4v) is 5.67. The van der Waals surface area contributed by atoms with E-state index in [4.69, 9.17) is 9.47 Å². The minimum Gasteiger partial charge on any atom is -0.490 e. The summed E-state index contributed by atoms with van der Waals surface area (Å²) in [6.07, 6.45) is 5.26. The first-order valence-electron chi connectivity index (χ1n) is 15.0. The van der Waals surface area contributed by atoms with Crippen LogP contribution in [-0.4, -0.2) is 12.2 Å². The van der Waals surface area contributed by atoms with Gasteiger partial charge in [0.25, 0.3) is 0 Å². The Bertz CT molecular complexity index is 1050. The molecule has 0 saturated heterocycles. The molecule has 3 heteroatoms. The molecular weight excluding hydrogens is 544 g/mol. The van der Waals surface area contributed by atoms with E-state index >= 15 is 0 Å². The van der Waals surface area contributed by atoms with Gasteiger partial charge >= 0.3 is 0 Å². The van der Waals surface area contributed by atoms with E-state index in [0.717, 1.165) is 28.8 Å². The monoisotopic (exact) mass is 594 g/mol. The van der Waals surface area contributed by atoms with Crippen molar-refractivity contribution in [3.63, 3.8) is 0 Å². The van der Waals surface area contributed by atoms with Crippen LogP contribution in [0, 0.1) is 23.7 Å². The molecule has 214 valence electrons. The summed E-state index contributed by atoms with van der Waals surface area (Å²) < 4.78 is 13.6. The van der Waals surface area contributed by atoms with Gasteiger partial charge in [0.2, 0.25) is 0 Å². The molecule has 0 bridgehead atoms. The van der Waals surface area contributed by atoms with Gasteiger partial charge in [-0.3, -0.25) is 0 Å². The third kappa shape index (κ3) is 10.7. The first-order chi connectivity index (χ1) is 18.7. The third-order valence-corrected chi connectivity index (χ3v) is 8.12. The second-order valence-electron chi connectivity index (χ2n) is 11.2. The lowest BCUT2D eigenvalue weighted by Gasteiger charge is -2.29. The van der Waals surface area contributed by atoms with Crippen LogP contribution in [0.25, 0.3) is 11.1 Å². The highest BCUT2D eigenvalue weighted by molar-refractivity contribution is 9.10. The molecule has 0 heterocycles. The lowest BCUT2D eigenvalue weighted by Crippen LogP contribution is -2.31. The molecule has 0 saturated carbocycles. The summed E-state index contributed by atoms with van der Waals surface area (Å²) in [6.45, 7) is 18.0. The van der Waals surface area contributed by atoms with Gasteiger partial charge in [-0.2, -0.15) is 0 Å². The van der Waals surface area contributed by atoms with Gasteiger partial charge in [-0.1, -0.05) is 120 Å². The van der Waals surface area contributed by atoms with Crippen molar-refractivity contribution in [3.8, 4) is 22.6 Å². The molecule has 2 nitrogen and oxygen atoms in total. The molecular formula is C36H51BrO2.